The van der Waals surface area contributed by atoms with Gasteiger partial charge < -0.3 is 9.84 Å². The minimum absolute atomic E-state index is 0.679. The third-order valence-corrected chi connectivity index (χ3v) is 2.66. The molecular formula is C11H17NO2. The Balaban J connectivity index is 3.04. The van der Waals surface area contributed by atoms with Crippen molar-refractivity contribution in [1.82, 2.24) is 4.98 Å². The van der Waals surface area contributed by atoms with Crippen molar-refractivity contribution < 1.29 is 9.84 Å². The van der Waals surface area contributed by atoms with E-state index in [4.69, 9.17) is 4.74 Å². The fraction of sp³-hybridized carbons (Fsp3) is 0.545. The maximum Gasteiger partial charge on any atom is 0.137 e. The lowest BCUT2D eigenvalue weighted by Crippen LogP contribution is -2.23. The van der Waals surface area contributed by atoms with Crippen LogP contribution in [-0.2, 0) is 5.60 Å². The van der Waals surface area contributed by atoms with Crippen LogP contribution in [0.25, 0.3) is 0 Å². The van der Waals surface area contributed by atoms with E-state index in [0.717, 1.165) is 5.56 Å². The zero-order valence-electron chi connectivity index (χ0n) is 8.95. The molecule has 1 rings (SSSR count). The third-order valence-electron chi connectivity index (χ3n) is 2.66. The van der Waals surface area contributed by atoms with Crippen molar-refractivity contribution in [3.05, 3.63) is 24.0 Å². The Morgan fingerprint density at radius 1 is 1.36 bits per heavy atom. The quantitative estimate of drug-likeness (QED) is 0.800. The first-order valence-electron chi connectivity index (χ1n) is 4.88. The largest absolute Gasteiger partial charge is 0.495 e. The highest BCUT2D eigenvalue weighted by Crippen LogP contribution is 2.29. The first kappa shape index (κ1) is 11.0. The molecular weight excluding hydrogens is 178 g/mol. The lowest BCUT2D eigenvalue weighted by molar-refractivity contribution is 0.0278. The van der Waals surface area contributed by atoms with Gasteiger partial charge in [-0.15, -0.1) is 0 Å². The van der Waals surface area contributed by atoms with Crippen LogP contribution >= 0.6 is 0 Å². The van der Waals surface area contributed by atoms with Gasteiger partial charge in [-0.3, -0.25) is 4.98 Å². The molecule has 1 heterocycles. The summed E-state index contributed by atoms with van der Waals surface area (Å²) in [7, 11) is 1.59. The van der Waals surface area contributed by atoms with Crippen molar-refractivity contribution in [2.45, 2.75) is 32.3 Å². The average molecular weight is 195 g/mol. The first-order valence-corrected chi connectivity index (χ1v) is 4.88. The van der Waals surface area contributed by atoms with E-state index in [1.807, 2.05) is 19.9 Å². The standard InChI is InChI=1S/C11H17NO2/c1-4-11(13,5-2)9-6-10(14-3)8-12-7-9/h6-8,13H,4-5H2,1-3H3. The number of nitrogens with zero attached hydrogens (tertiary/aromatic N) is 1. The lowest BCUT2D eigenvalue weighted by atomic mass is 9.90. The number of hydrogen-bond acceptors (Lipinski definition) is 3. The van der Waals surface area contributed by atoms with Crippen LogP contribution < -0.4 is 4.74 Å². The monoisotopic (exact) mass is 195 g/mol. The van der Waals surface area contributed by atoms with E-state index in [-0.39, 0.29) is 0 Å². The van der Waals surface area contributed by atoms with Crippen LogP contribution in [0.15, 0.2) is 18.5 Å². The van der Waals surface area contributed by atoms with Crippen LogP contribution in [0.2, 0.25) is 0 Å². The lowest BCUT2D eigenvalue weighted by Gasteiger charge is -2.25. The predicted molar refractivity (Wildman–Crippen MR) is 55.3 cm³/mol. The Labute approximate surface area is 84.7 Å². The van der Waals surface area contributed by atoms with E-state index in [9.17, 15) is 5.11 Å². The second kappa shape index (κ2) is 4.42. The number of rotatable bonds is 4. The molecule has 1 aromatic heterocycles. The maximum atomic E-state index is 10.2. The Morgan fingerprint density at radius 2 is 2.00 bits per heavy atom. The van der Waals surface area contributed by atoms with Crippen LogP contribution in [0.4, 0.5) is 0 Å². The molecule has 3 nitrogen and oxygen atoms in total. The molecule has 0 aliphatic carbocycles. The first-order chi connectivity index (χ1) is 6.66. The predicted octanol–water partition coefficient (Wildman–Crippen LogP) is 2.10. The molecule has 0 bridgehead atoms. The molecule has 0 aliphatic rings. The molecule has 1 aromatic rings. The van der Waals surface area contributed by atoms with Crippen LogP contribution in [0.3, 0.4) is 0 Å². The fourth-order valence-corrected chi connectivity index (χ4v) is 1.44. The summed E-state index contributed by atoms with van der Waals surface area (Å²) in [5.41, 5.74) is 0.0449. The van der Waals surface area contributed by atoms with Gasteiger partial charge in [-0.2, -0.15) is 0 Å². The van der Waals surface area contributed by atoms with Gasteiger partial charge in [0.05, 0.1) is 18.9 Å². The normalized spacial score (nSPS) is 11.4. The second-order valence-electron chi connectivity index (χ2n) is 3.35. The van der Waals surface area contributed by atoms with E-state index >= 15 is 0 Å². The Morgan fingerprint density at radius 3 is 2.50 bits per heavy atom. The van der Waals surface area contributed by atoms with Gasteiger partial charge in [-0.25, -0.2) is 0 Å². The molecule has 0 fully saturated rings. The average Bonchev–Trinajstić information content (AvgIpc) is 2.28. The zero-order valence-corrected chi connectivity index (χ0v) is 8.95. The summed E-state index contributed by atoms with van der Waals surface area (Å²) in [6.45, 7) is 3.92. The van der Waals surface area contributed by atoms with Gasteiger partial charge in [-0.1, -0.05) is 13.8 Å². The highest BCUT2D eigenvalue weighted by atomic mass is 16.5. The molecule has 0 radical (unpaired) electrons. The SMILES string of the molecule is CCC(O)(CC)c1cncc(OC)c1. The number of hydrogen-bond donors (Lipinski definition) is 1. The van der Waals surface area contributed by atoms with Crippen molar-refractivity contribution in [1.29, 1.82) is 0 Å². The summed E-state index contributed by atoms with van der Waals surface area (Å²) in [5.74, 6) is 0.683. The van der Waals surface area contributed by atoms with Crippen molar-refractivity contribution in [2.24, 2.45) is 0 Å². The smallest absolute Gasteiger partial charge is 0.137 e. The molecule has 0 atom stereocenters. The summed E-state index contributed by atoms with van der Waals surface area (Å²) >= 11 is 0. The van der Waals surface area contributed by atoms with E-state index < -0.39 is 5.60 Å². The van der Waals surface area contributed by atoms with Gasteiger partial charge in [0.25, 0.3) is 0 Å². The molecule has 0 unspecified atom stereocenters. The van der Waals surface area contributed by atoms with Gasteiger partial charge in [0.15, 0.2) is 0 Å². The molecule has 0 spiro atoms. The minimum atomic E-state index is -0.776. The van der Waals surface area contributed by atoms with Crippen LogP contribution in [0, 0.1) is 0 Å². The second-order valence-corrected chi connectivity index (χ2v) is 3.35. The van der Waals surface area contributed by atoms with E-state index in [0.29, 0.717) is 18.6 Å². The number of aromatic nitrogens is 1. The van der Waals surface area contributed by atoms with Crippen LogP contribution in [0.1, 0.15) is 32.3 Å². The molecule has 3 heteroatoms. The number of pyridine rings is 1. The number of aliphatic hydroxyl groups is 1. The maximum absolute atomic E-state index is 10.2. The van der Waals surface area contributed by atoms with Crippen LogP contribution in [-0.4, -0.2) is 17.2 Å². The van der Waals surface area contributed by atoms with E-state index in [1.165, 1.54) is 0 Å². The molecule has 0 saturated carbocycles. The van der Waals surface area contributed by atoms with Crippen molar-refractivity contribution >= 4 is 0 Å². The molecule has 0 aromatic carbocycles. The van der Waals surface area contributed by atoms with Gasteiger partial charge in [-0.05, 0) is 18.9 Å². The molecule has 14 heavy (non-hydrogen) atoms. The summed E-state index contributed by atoms with van der Waals surface area (Å²) in [6.07, 6.45) is 4.68. The van der Waals surface area contributed by atoms with Gasteiger partial charge in [0.2, 0.25) is 0 Å². The van der Waals surface area contributed by atoms with Crippen LogP contribution in [0.5, 0.6) is 5.75 Å². The third kappa shape index (κ3) is 2.04. The van der Waals surface area contributed by atoms with Crippen molar-refractivity contribution in [3.8, 4) is 5.75 Å². The van der Waals surface area contributed by atoms with E-state index in [1.54, 1.807) is 19.5 Å². The Bertz CT molecular complexity index is 295. The van der Waals surface area contributed by atoms with Crippen molar-refractivity contribution in [3.63, 3.8) is 0 Å². The summed E-state index contributed by atoms with van der Waals surface area (Å²) < 4.78 is 5.07. The summed E-state index contributed by atoms with van der Waals surface area (Å²) in [5, 5.41) is 10.2. The van der Waals surface area contributed by atoms with Gasteiger partial charge in [0.1, 0.15) is 5.75 Å². The topological polar surface area (TPSA) is 42.4 Å². The number of methoxy groups -OCH3 is 1. The molecule has 0 amide bonds. The van der Waals surface area contributed by atoms with Gasteiger partial charge >= 0.3 is 0 Å². The van der Waals surface area contributed by atoms with Crippen molar-refractivity contribution in [2.75, 3.05) is 7.11 Å². The molecule has 1 N–H and O–H groups in total. The molecule has 0 saturated heterocycles. The Kier molecular flexibility index (Phi) is 3.47. The Hall–Kier alpha value is -1.09. The fourth-order valence-electron chi connectivity index (χ4n) is 1.44. The molecule has 0 aliphatic heterocycles. The van der Waals surface area contributed by atoms with E-state index in [2.05, 4.69) is 4.98 Å². The highest BCUT2D eigenvalue weighted by molar-refractivity contribution is 5.27. The number of ether oxygens (including phenoxy) is 1. The van der Waals surface area contributed by atoms with Gasteiger partial charge in [0, 0.05) is 11.8 Å². The molecule has 78 valence electrons. The summed E-state index contributed by atoms with van der Waals surface area (Å²) in [4.78, 5) is 4.03. The minimum Gasteiger partial charge on any atom is -0.495 e. The zero-order chi connectivity index (χ0) is 10.6. The summed E-state index contributed by atoms with van der Waals surface area (Å²) in [6, 6.07) is 1.83. The highest BCUT2D eigenvalue weighted by Gasteiger charge is 2.25.